The molecule has 1 heterocycles. The van der Waals surface area contributed by atoms with E-state index in [-0.39, 0.29) is 6.61 Å². The molecular weight excluding hydrogens is 164 g/mol. The van der Waals surface area contributed by atoms with Crippen molar-refractivity contribution in [3.63, 3.8) is 0 Å². The van der Waals surface area contributed by atoms with E-state index in [9.17, 15) is 5.11 Å². The summed E-state index contributed by atoms with van der Waals surface area (Å²) in [5.74, 6) is 0.963. The molecule has 64 valence electrons. The van der Waals surface area contributed by atoms with Gasteiger partial charge >= 0.3 is 0 Å². The number of allylic oxidation sites excluding steroid dienone is 1. The third-order valence-electron chi connectivity index (χ3n) is 1.58. The van der Waals surface area contributed by atoms with Gasteiger partial charge in [0.1, 0.15) is 12.2 Å². The Bertz CT molecular complexity index is 158. The maximum absolute atomic E-state index is 9.32. The first-order valence-corrected chi connectivity index (χ1v) is 4.54. The van der Waals surface area contributed by atoms with Crippen molar-refractivity contribution in [2.24, 2.45) is 0 Å². The second-order valence-corrected chi connectivity index (χ2v) is 3.61. The molecule has 11 heavy (non-hydrogen) atoms. The maximum atomic E-state index is 9.32. The average molecular weight is 176 g/mol. The first-order chi connectivity index (χ1) is 5.25. The molecule has 0 saturated heterocycles. The molecule has 4 heteroatoms. The summed E-state index contributed by atoms with van der Waals surface area (Å²) < 4.78 is 0. The summed E-state index contributed by atoms with van der Waals surface area (Å²) in [7, 11) is 0. The van der Waals surface area contributed by atoms with Gasteiger partial charge < -0.3 is 15.3 Å². The number of hydrogen-bond donors (Lipinski definition) is 3. The number of aliphatic hydroxyl groups is 3. The fourth-order valence-corrected chi connectivity index (χ4v) is 1.97. The van der Waals surface area contributed by atoms with E-state index in [1.165, 1.54) is 11.8 Å². The van der Waals surface area contributed by atoms with Gasteiger partial charge in [0.15, 0.2) is 0 Å². The van der Waals surface area contributed by atoms with Gasteiger partial charge in [-0.15, -0.1) is 11.8 Å². The Morgan fingerprint density at radius 3 is 2.73 bits per heavy atom. The third kappa shape index (κ3) is 2.20. The summed E-state index contributed by atoms with van der Waals surface area (Å²) in [5, 5.41) is 26.9. The van der Waals surface area contributed by atoms with E-state index in [0.717, 1.165) is 17.1 Å². The Morgan fingerprint density at radius 1 is 1.55 bits per heavy atom. The van der Waals surface area contributed by atoms with Crippen LogP contribution < -0.4 is 0 Å². The molecule has 0 spiro atoms. The van der Waals surface area contributed by atoms with Gasteiger partial charge in [-0.3, -0.25) is 0 Å². The normalized spacial score (nSPS) is 23.0. The molecular formula is C7H12O3S. The Morgan fingerprint density at radius 2 is 2.27 bits per heavy atom. The zero-order valence-corrected chi connectivity index (χ0v) is 6.92. The van der Waals surface area contributed by atoms with Crippen LogP contribution in [0.3, 0.4) is 0 Å². The van der Waals surface area contributed by atoms with E-state index in [1.54, 1.807) is 0 Å². The summed E-state index contributed by atoms with van der Waals surface area (Å²) in [6.07, 6.45) is 0.906. The van der Waals surface area contributed by atoms with E-state index in [1.807, 2.05) is 6.08 Å². The zero-order chi connectivity index (χ0) is 8.27. The third-order valence-corrected chi connectivity index (χ3v) is 2.76. The fourth-order valence-electron chi connectivity index (χ4n) is 0.932. The predicted octanol–water partition coefficient (Wildman–Crippen LogP) is -0.279. The number of rotatable bonds is 3. The molecule has 2 unspecified atom stereocenters. The quantitative estimate of drug-likeness (QED) is 0.553. The minimum atomic E-state index is -1.04. The average Bonchev–Trinajstić information content (AvgIpc) is 2.53. The molecule has 2 atom stereocenters. The van der Waals surface area contributed by atoms with E-state index in [0.29, 0.717) is 0 Å². The van der Waals surface area contributed by atoms with Crippen molar-refractivity contribution >= 4 is 11.8 Å². The van der Waals surface area contributed by atoms with Crippen LogP contribution in [-0.2, 0) is 0 Å². The second-order valence-electron chi connectivity index (χ2n) is 2.44. The summed E-state index contributed by atoms with van der Waals surface area (Å²) in [6.45, 7) is -0.390. The van der Waals surface area contributed by atoms with E-state index in [2.05, 4.69) is 0 Å². The highest BCUT2D eigenvalue weighted by Crippen LogP contribution is 2.28. The molecule has 0 fully saturated rings. The molecule has 3 N–H and O–H groups in total. The number of aliphatic hydroxyl groups excluding tert-OH is 3. The monoisotopic (exact) mass is 176 g/mol. The van der Waals surface area contributed by atoms with Crippen LogP contribution in [0.4, 0.5) is 0 Å². The van der Waals surface area contributed by atoms with Crippen LogP contribution in [0.1, 0.15) is 6.42 Å². The van der Waals surface area contributed by atoms with E-state index >= 15 is 0 Å². The maximum Gasteiger partial charge on any atom is 0.113 e. The highest BCUT2D eigenvalue weighted by molar-refractivity contribution is 8.03. The van der Waals surface area contributed by atoms with Crippen molar-refractivity contribution in [2.75, 3.05) is 12.4 Å². The van der Waals surface area contributed by atoms with Crippen LogP contribution in [0.2, 0.25) is 0 Å². The largest absolute Gasteiger partial charge is 0.394 e. The standard InChI is InChI=1S/C7H12O3S/c8-4-5(9)7(10)6-2-1-3-11-6/h2,5,7-10H,1,3-4H2. The zero-order valence-electron chi connectivity index (χ0n) is 6.10. The molecule has 1 aliphatic rings. The molecule has 0 aromatic rings. The molecule has 1 aliphatic heterocycles. The number of hydrogen-bond acceptors (Lipinski definition) is 4. The van der Waals surface area contributed by atoms with Gasteiger partial charge in [-0.2, -0.15) is 0 Å². The van der Waals surface area contributed by atoms with Gasteiger partial charge in [0, 0.05) is 10.7 Å². The van der Waals surface area contributed by atoms with Crippen molar-refractivity contribution in [2.45, 2.75) is 18.6 Å². The van der Waals surface area contributed by atoms with E-state index in [4.69, 9.17) is 10.2 Å². The Kier molecular flexibility index (Phi) is 3.39. The smallest absolute Gasteiger partial charge is 0.113 e. The van der Waals surface area contributed by atoms with Crippen molar-refractivity contribution in [3.8, 4) is 0 Å². The first kappa shape index (κ1) is 9.06. The highest BCUT2D eigenvalue weighted by Gasteiger charge is 2.21. The van der Waals surface area contributed by atoms with E-state index < -0.39 is 12.2 Å². The number of thioether (sulfide) groups is 1. The van der Waals surface area contributed by atoms with Crippen LogP contribution in [-0.4, -0.2) is 39.9 Å². The summed E-state index contributed by atoms with van der Waals surface area (Å²) in [4.78, 5) is 0.784. The van der Waals surface area contributed by atoms with Crippen molar-refractivity contribution < 1.29 is 15.3 Å². The SMILES string of the molecule is OCC(O)C(O)C1=CCCS1. The molecule has 0 amide bonds. The van der Waals surface area contributed by atoms with Gasteiger partial charge in [-0.1, -0.05) is 6.08 Å². The van der Waals surface area contributed by atoms with Crippen LogP contribution in [0.25, 0.3) is 0 Å². The molecule has 1 rings (SSSR count). The van der Waals surface area contributed by atoms with Gasteiger partial charge in [0.05, 0.1) is 6.61 Å². The molecule has 0 radical (unpaired) electrons. The second kappa shape index (κ2) is 4.11. The Balaban J connectivity index is 2.45. The molecule has 0 aromatic carbocycles. The van der Waals surface area contributed by atoms with Crippen LogP contribution in [0, 0.1) is 0 Å². The molecule has 0 aromatic heterocycles. The molecule has 3 nitrogen and oxygen atoms in total. The Labute approximate surface area is 69.7 Å². The summed E-state index contributed by atoms with van der Waals surface area (Å²) in [6, 6.07) is 0. The topological polar surface area (TPSA) is 60.7 Å². The summed E-state index contributed by atoms with van der Waals surface area (Å²) >= 11 is 1.53. The van der Waals surface area contributed by atoms with Crippen molar-refractivity contribution in [3.05, 3.63) is 11.0 Å². The van der Waals surface area contributed by atoms with Crippen LogP contribution in [0.15, 0.2) is 11.0 Å². The molecule has 0 aliphatic carbocycles. The summed E-state index contributed by atoms with van der Waals surface area (Å²) in [5.41, 5.74) is 0. The predicted molar refractivity (Wildman–Crippen MR) is 44.3 cm³/mol. The van der Waals surface area contributed by atoms with Gasteiger partial charge in [-0.25, -0.2) is 0 Å². The molecule has 0 bridgehead atoms. The van der Waals surface area contributed by atoms with Gasteiger partial charge in [-0.05, 0) is 6.42 Å². The van der Waals surface area contributed by atoms with Gasteiger partial charge in [0.2, 0.25) is 0 Å². The lowest BCUT2D eigenvalue weighted by Crippen LogP contribution is -2.29. The van der Waals surface area contributed by atoms with Crippen molar-refractivity contribution in [1.82, 2.24) is 0 Å². The lowest BCUT2D eigenvalue weighted by Gasteiger charge is -2.15. The first-order valence-electron chi connectivity index (χ1n) is 3.55. The van der Waals surface area contributed by atoms with Gasteiger partial charge in [0.25, 0.3) is 0 Å². The van der Waals surface area contributed by atoms with Crippen molar-refractivity contribution in [1.29, 1.82) is 0 Å². The minimum absolute atomic E-state index is 0.390. The molecule has 0 saturated carbocycles. The fraction of sp³-hybridized carbons (Fsp3) is 0.714. The Hall–Kier alpha value is -0.0300. The lowest BCUT2D eigenvalue weighted by molar-refractivity contribution is 0.00783. The minimum Gasteiger partial charge on any atom is -0.394 e. The highest BCUT2D eigenvalue weighted by atomic mass is 32.2. The van der Waals surface area contributed by atoms with Crippen LogP contribution >= 0.6 is 11.8 Å². The lowest BCUT2D eigenvalue weighted by atomic mass is 10.2. The van der Waals surface area contributed by atoms with Crippen LogP contribution in [0.5, 0.6) is 0 Å².